The maximum Gasteiger partial charge on any atom is 0.123 e. The molecule has 2 rings (SSSR count). The van der Waals surface area contributed by atoms with Crippen LogP contribution in [0.4, 0.5) is 10.1 Å². The predicted octanol–water partition coefficient (Wildman–Crippen LogP) is 2.27. The summed E-state index contributed by atoms with van der Waals surface area (Å²) in [6, 6.07) is 10.4. The fourth-order valence-corrected chi connectivity index (χ4v) is 3.13. The molecule has 0 radical (unpaired) electrons. The smallest absolute Gasteiger partial charge is 0.123 e. The Hall–Kier alpha value is -1.92. The Morgan fingerprint density at radius 3 is 2.60 bits per heavy atom. The molecule has 4 nitrogen and oxygen atoms in total. The van der Waals surface area contributed by atoms with Gasteiger partial charge in [-0.15, -0.1) is 5.69 Å². The van der Waals surface area contributed by atoms with Crippen LogP contribution < -0.4 is 5.73 Å². The van der Waals surface area contributed by atoms with E-state index in [4.69, 9.17) is 0 Å². The molecule has 0 saturated heterocycles. The monoisotopic (exact) mass is 294 g/mol. The number of benzene rings is 2. The van der Waals surface area contributed by atoms with E-state index in [1.165, 1.54) is 18.2 Å². The zero-order chi connectivity index (χ0) is 14.8. The van der Waals surface area contributed by atoms with Crippen molar-refractivity contribution in [2.75, 3.05) is 0 Å². The second-order valence-electron chi connectivity index (χ2n) is 4.35. The van der Waals surface area contributed by atoms with Crippen molar-refractivity contribution in [2.24, 2.45) is 0 Å². The SMILES string of the molecule is Cc1ccc(F)cc1[N-]S(=O)(=O)c1ccccc1C[NH3+]. The van der Waals surface area contributed by atoms with E-state index in [-0.39, 0.29) is 10.6 Å². The average Bonchev–Trinajstić information content (AvgIpc) is 2.42. The lowest BCUT2D eigenvalue weighted by Crippen LogP contribution is -2.47. The van der Waals surface area contributed by atoms with E-state index in [0.29, 0.717) is 17.7 Å². The van der Waals surface area contributed by atoms with Gasteiger partial charge in [-0.3, -0.25) is 0 Å². The average molecular weight is 294 g/mol. The molecule has 0 heterocycles. The number of rotatable bonds is 4. The highest BCUT2D eigenvalue weighted by atomic mass is 32.2. The summed E-state index contributed by atoms with van der Waals surface area (Å²) in [6.45, 7) is 2.02. The molecule has 0 fully saturated rings. The van der Waals surface area contributed by atoms with Gasteiger partial charge in [0.15, 0.2) is 0 Å². The van der Waals surface area contributed by atoms with Gasteiger partial charge in [0.25, 0.3) is 0 Å². The first kappa shape index (κ1) is 14.5. The van der Waals surface area contributed by atoms with E-state index in [2.05, 4.69) is 10.5 Å². The summed E-state index contributed by atoms with van der Waals surface area (Å²) in [5, 5.41) is 0. The number of nitrogens with zero attached hydrogens (tertiary/aromatic N) is 1. The summed E-state index contributed by atoms with van der Waals surface area (Å²) >= 11 is 0. The molecule has 3 N–H and O–H groups in total. The summed E-state index contributed by atoms with van der Waals surface area (Å²) in [5.41, 5.74) is 5.00. The molecule has 0 unspecified atom stereocenters. The molecular weight excluding hydrogens is 279 g/mol. The van der Waals surface area contributed by atoms with Crippen LogP contribution in [-0.2, 0) is 16.6 Å². The lowest BCUT2D eigenvalue weighted by Gasteiger charge is -2.25. The second kappa shape index (κ2) is 5.60. The van der Waals surface area contributed by atoms with Crippen molar-refractivity contribution in [3.8, 4) is 0 Å². The van der Waals surface area contributed by atoms with Gasteiger partial charge in [-0.2, -0.15) is 0 Å². The molecule has 0 aliphatic rings. The zero-order valence-electron chi connectivity index (χ0n) is 11.0. The van der Waals surface area contributed by atoms with Gasteiger partial charge in [0, 0.05) is 5.56 Å². The van der Waals surface area contributed by atoms with Crippen LogP contribution in [0.1, 0.15) is 11.1 Å². The Kier molecular flexibility index (Phi) is 4.06. The Morgan fingerprint density at radius 1 is 1.20 bits per heavy atom. The Labute approximate surface area is 117 Å². The number of hydrogen-bond acceptors (Lipinski definition) is 2. The molecule has 2 aromatic carbocycles. The highest BCUT2D eigenvalue weighted by Gasteiger charge is 2.11. The van der Waals surface area contributed by atoms with Crippen LogP contribution in [-0.4, -0.2) is 8.42 Å². The summed E-state index contributed by atoms with van der Waals surface area (Å²) in [7, 11) is -3.88. The van der Waals surface area contributed by atoms with Gasteiger partial charge < -0.3 is 10.5 Å². The Balaban J connectivity index is 2.43. The third-order valence-corrected chi connectivity index (χ3v) is 4.30. The number of hydrogen-bond donors (Lipinski definition) is 1. The van der Waals surface area contributed by atoms with Crippen LogP contribution >= 0.6 is 0 Å². The lowest BCUT2D eigenvalue weighted by molar-refractivity contribution is -0.387. The van der Waals surface area contributed by atoms with E-state index < -0.39 is 15.8 Å². The minimum atomic E-state index is -3.88. The van der Waals surface area contributed by atoms with E-state index >= 15 is 0 Å². The number of aryl methyl sites for hydroxylation is 1. The van der Waals surface area contributed by atoms with Crippen molar-refractivity contribution in [1.82, 2.24) is 0 Å². The van der Waals surface area contributed by atoms with Crippen molar-refractivity contribution in [3.63, 3.8) is 0 Å². The largest absolute Gasteiger partial charge is 0.572 e. The van der Waals surface area contributed by atoms with Gasteiger partial charge in [0.2, 0.25) is 0 Å². The number of sulfonamides is 1. The van der Waals surface area contributed by atoms with E-state index in [9.17, 15) is 12.8 Å². The van der Waals surface area contributed by atoms with Crippen molar-refractivity contribution in [2.45, 2.75) is 18.4 Å². The fourth-order valence-electron chi connectivity index (χ4n) is 1.82. The van der Waals surface area contributed by atoms with Gasteiger partial charge in [0.05, 0.1) is 4.90 Å². The molecule has 0 atom stereocenters. The van der Waals surface area contributed by atoms with E-state index in [1.54, 1.807) is 25.1 Å². The van der Waals surface area contributed by atoms with Crippen molar-refractivity contribution in [3.05, 3.63) is 64.1 Å². The minimum absolute atomic E-state index is 0.110. The summed E-state index contributed by atoms with van der Waals surface area (Å²) < 4.78 is 41.6. The molecule has 0 amide bonds. The molecule has 0 bridgehead atoms. The summed E-state index contributed by atoms with van der Waals surface area (Å²) in [4.78, 5) is 0.110. The van der Waals surface area contributed by atoms with Crippen LogP contribution in [0, 0.1) is 12.7 Å². The molecule has 0 aliphatic heterocycles. The highest BCUT2D eigenvalue weighted by Crippen LogP contribution is 2.32. The van der Waals surface area contributed by atoms with Crippen LogP contribution in [0.15, 0.2) is 47.4 Å². The maximum atomic E-state index is 13.2. The Bertz CT molecular complexity index is 730. The van der Waals surface area contributed by atoms with Crippen molar-refractivity contribution < 1.29 is 18.5 Å². The molecule has 106 valence electrons. The first-order valence-electron chi connectivity index (χ1n) is 6.05. The van der Waals surface area contributed by atoms with Crippen molar-refractivity contribution in [1.29, 1.82) is 0 Å². The third-order valence-electron chi connectivity index (χ3n) is 2.91. The van der Waals surface area contributed by atoms with E-state index in [1.807, 2.05) is 0 Å². The van der Waals surface area contributed by atoms with Gasteiger partial charge in [-0.05, 0) is 25.1 Å². The molecule has 0 saturated carbocycles. The van der Waals surface area contributed by atoms with Gasteiger partial charge in [-0.1, -0.05) is 29.8 Å². The third kappa shape index (κ3) is 2.97. The first-order chi connectivity index (χ1) is 9.44. The molecule has 2 aromatic rings. The van der Waals surface area contributed by atoms with Crippen LogP contribution in [0.3, 0.4) is 0 Å². The van der Waals surface area contributed by atoms with Crippen LogP contribution in [0.25, 0.3) is 4.72 Å². The standard InChI is InChI=1S/C14H14FN2O2S/c1-10-6-7-12(15)8-13(10)17-20(18,19)14-5-3-2-4-11(14)9-16/h2-8H,9,16H2,1H3/q-1/p+1. The normalized spacial score (nSPS) is 11.3. The van der Waals surface area contributed by atoms with Crippen molar-refractivity contribution >= 4 is 15.7 Å². The number of quaternary nitrogens is 1. The fraction of sp³-hybridized carbons (Fsp3) is 0.143. The number of halogens is 1. The van der Waals surface area contributed by atoms with Crippen LogP contribution in [0.5, 0.6) is 0 Å². The van der Waals surface area contributed by atoms with Gasteiger partial charge >= 0.3 is 0 Å². The quantitative estimate of drug-likeness (QED) is 0.939. The molecule has 0 aliphatic carbocycles. The highest BCUT2D eigenvalue weighted by molar-refractivity contribution is 7.94. The Morgan fingerprint density at radius 2 is 1.90 bits per heavy atom. The predicted molar refractivity (Wildman–Crippen MR) is 74.4 cm³/mol. The van der Waals surface area contributed by atoms with E-state index in [0.717, 1.165) is 6.07 Å². The second-order valence-corrected chi connectivity index (χ2v) is 5.93. The zero-order valence-corrected chi connectivity index (χ0v) is 11.8. The topological polar surface area (TPSA) is 75.9 Å². The molecule has 0 spiro atoms. The molecule has 20 heavy (non-hydrogen) atoms. The van der Waals surface area contributed by atoms with Gasteiger partial charge in [-0.25, -0.2) is 12.8 Å². The summed E-state index contributed by atoms with van der Waals surface area (Å²) in [6.07, 6.45) is 0. The molecule has 0 aromatic heterocycles. The molecular formula is C14H15FN2O2S. The lowest BCUT2D eigenvalue weighted by atomic mass is 10.2. The first-order valence-corrected chi connectivity index (χ1v) is 7.49. The van der Waals surface area contributed by atoms with Gasteiger partial charge in [0.1, 0.15) is 22.4 Å². The summed E-state index contributed by atoms with van der Waals surface area (Å²) in [5.74, 6) is -0.519. The minimum Gasteiger partial charge on any atom is -0.572 e. The van der Waals surface area contributed by atoms with Crippen LogP contribution in [0.2, 0.25) is 0 Å². The molecule has 6 heteroatoms. The maximum absolute atomic E-state index is 13.2.